The largest absolute Gasteiger partial charge is 0.375 e. The fraction of sp³-hybridized carbons (Fsp3) is 0.286. The van der Waals surface area contributed by atoms with Gasteiger partial charge in [0.05, 0.1) is 11.9 Å². The zero-order valence-corrected chi connectivity index (χ0v) is 10.8. The number of thiocarbonyl (C=S) groups is 1. The van der Waals surface area contributed by atoms with Crippen LogP contribution in [0, 0.1) is 0 Å². The van der Waals surface area contributed by atoms with Crippen LogP contribution >= 0.6 is 39.9 Å². The Bertz CT molecular complexity index is 427. The second-order valence-corrected chi connectivity index (χ2v) is 5.06. The molecule has 0 spiro atoms. The highest BCUT2D eigenvalue weighted by atomic mass is 79.9. The summed E-state index contributed by atoms with van der Waals surface area (Å²) in [7, 11) is 0. The molecule has 2 heterocycles. The van der Waals surface area contributed by atoms with E-state index in [0.29, 0.717) is 0 Å². The monoisotopic (exact) mass is 305 g/mol. The summed E-state index contributed by atoms with van der Waals surface area (Å²) in [6, 6.07) is 0. The molecule has 15 heavy (non-hydrogen) atoms. The van der Waals surface area contributed by atoms with Crippen LogP contribution in [-0.4, -0.2) is 26.6 Å². The third kappa shape index (κ3) is 2.32. The van der Waals surface area contributed by atoms with E-state index in [2.05, 4.69) is 48.2 Å². The van der Waals surface area contributed by atoms with Crippen molar-refractivity contribution in [2.45, 2.75) is 11.7 Å². The molecule has 0 amide bonds. The summed E-state index contributed by atoms with van der Waals surface area (Å²) in [5.74, 6) is 1.05. The van der Waals surface area contributed by atoms with Crippen LogP contribution in [0.1, 0.15) is 5.69 Å². The normalized spacial score (nSPS) is 14.5. The number of nitrogens with two attached hydrogens (primary N) is 1. The van der Waals surface area contributed by atoms with E-state index in [4.69, 9.17) is 5.73 Å². The van der Waals surface area contributed by atoms with Gasteiger partial charge in [-0.15, -0.1) is 0 Å². The molecule has 0 saturated heterocycles. The zero-order chi connectivity index (χ0) is 10.8. The Morgan fingerprint density at radius 2 is 2.60 bits per heavy atom. The van der Waals surface area contributed by atoms with Crippen molar-refractivity contribution < 1.29 is 0 Å². The van der Waals surface area contributed by atoms with Crippen LogP contribution in [0.15, 0.2) is 14.9 Å². The van der Waals surface area contributed by atoms with Gasteiger partial charge in [0.1, 0.15) is 4.60 Å². The molecule has 0 bridgehead atoms. The van der Waals surface area contributed by atoms with Crippen LogP contribution in [0.5, 0.6) is 0 Å². The van der Waals surface area contributed by atoms with Crippen molar-refractivity contribution in [3.8, 4) is 0 Å². The van der Waals surface area contributed by atoms with Gasteiger partial charge in [-0.1, -0.05) is 11.8 Å². The van der Waals surface area contributed by atoms with Crippen LogP contribution in [-0.2, 0) is 6.54 Å². The number of nitrogens with zero attached hydrogens (tertiary/aromatic N) is 3. The SMILES string of the molecule is NC(=S)NN=Cc1c(Br)nc2n1CCS2. The highest BCUT2D eigenvalue weighted by Crippen LogP contribution is 2.29. The quantitative estimate of drug-likeness (QED) is 0.483. The van der Waals surface area contributed by atoms with E-state index < -0.39 is 0 Å². The van der Waals surface area contributed by atoms with E-state index in [1.54, 1.807) is 18.0 Å². The van der Waals surface area contributed by atoms with Crippen molar-refractivity contribution in [2.24, 2.45) is 10.8 Å². The number of thioether (sulfide) groups is 1. The third-order valence-electron chi connectivity index (χ3n) is 1.83. The predicted molar refractivity (Wildman–Crippen MR) is 68.2 cm³/mol. The lowest BCUT2D eigenvalue weighted by Gasteiger charge is -1.98. The Hall–Kier alpha value is -0.600. The molecule has 1 aliphatic heterocycles. The molecule has 8 heteroatoms. The van der Waals surface area contributed by atoms with Gasteiger partial charge in [0.2, 0.25) is 0 Å². The summed E-state index contributed by atoms with van der Waals surface area (Å²) in [6.45, 7) is 0.951. The molecule has 3 N–H and O–H groups in total. The van der Waals surface area contributed by atoms with E-state index in [1.165, 1.54) is 0 Å². The summed E-state index contributed by atoms with van der Waals surface area (Å²) in [5, 5.41) is 5.07. The minimum absolute atomic E-state index is 0.151. The van der Waals surface area contributed by atoms with Crippen LogP contribution in [0.4, 0.5) is 0 Å². The van der Waals surface area contributed by atoms with Crippen LogP contribution < -0.4 is 11.2 Å². The average Bonchev–Trinajstić information content (AvgIpc) is 2.68. The molecule has 0 aliphatic carbocycles. The van der Waals surface area contributed by atoms with E-state index >= 15 is 0 Å². The number of hydrazone groups is 1. The van der Waals surface area contributed by atoms with Crippen molar-refractivity contribution in [2.75, 3.05) is 5.75 Å². The molecule has 0 unspecified atom stereocenters. The summed E-state index contributed by atoms with van der Waals surface area (Å²) in [4.78, 5) is 4.35. The fourth-order valence-corrected chi connectivity index (χ4v) is 2.86. The van der Waals surface area contributed by atoms with Crippen LogP contribution in [0.25, 0.3) is 0 Å². The van der Waals surface area contributed by atoms with Crippen LogP contribution in [0.2, 0.25) is 0 Å². The van der Waals surface area contributed by atoms with Gasteiger partial charge in [-0.25, -0.2) is 4.98 Å². The molecular formula is C7H8BrN5S2. The van der Waals surface area contributed by atoms with Gasteiger partial charge >= 0.3 is 0 Å². The molecular weight excluding hydrogens is 298 g/mol. The van der Waals surface area contributed by atoms with Crippen molar-refractivity contribution in [3.63, 3.8) is 0 Å². The van der Waals surface area contributed by atoms with Gasteiger partial charge < -0.3 is 10.3 Å². The molecule has 80 valence electrons. The Labute approximate surface area is 105 Å². The first-order chi connectivity index (χ1) is 7.18. The van der Waals surface area contributed by atoms with Crippen molar-refractivity contribution in [3.05, 3.63) is 10.3 Å². The smallest absolute Gasteiger partial charge is 0.184 e. The maximum Gasteiger partial charge on any atom is 0.184 e. The molecule has 5 nitrogen and oxygen atoms in total. The maximum absolute atomic E-state index is 5.25. The maximum atomic E-state index is 5.25. The number of halogens is 1. The number of aromatic nitrogens is 2. The highest BCUT2D eigenvalue weighted by Gasteiger charge is 2.18. The first-order valence-electron chi connectivity index (χ1n) is 4.16. The van der Waals surface area contributed by atoms with E-state index in [1.807, 2.05) is 0 Å². The Balaban J connectivity index is 2.21. The molecule has 0 aromatic carbocycles. The number of imidazole rings is 1. The number of rotatable bonds is 2. The predicted octanol–water partition coefficient (Wildman–Crippen LogP) is 0.918. The van der Waals surface area contributed by atoms with E-state index in [9.17, 15) is 0 Å². The minimum atomic E-state index is 0.151. The van der Waals surface area contributed by atoms with E-state index in [-0.39, 0.29) is 5.11 Å². The number of hydrogen-bond donors (Lipinski definition) is 2. The molecule has 0 fully saturated rings. The Morgan fingerprint density at radius 3 is 3.33 bits per heavy atom. The lowest BCUT2D eigenvalue weighted by atomic mass is 10.5. The summed E-state index contributed by atoms with van der Waals surface area (Å²) >= 11 is 9.75. The molecule has 0 atom stereocenters. The number of fused-ring (bicyclic) bond motifs is 1. The lowest BCUT2D eigenvalue weighted by Crippen LogP contribution is -2.24. The van der Waals surface area contributed by atoms with Gasteiger partial charge in [0.25, 0.3) is 0 Å². The molecule has 1 aromatic rings. The highest BCUT2D eigenvalue weighted by molar-refractivity contribution is 9.10. The molecule has 1 aromatic heterocycles. The molecule has 0 saturated carbocycles. The molecule has 0 radical (unpaired) electrons. The van der Waals surface area contributed by atoms with Gasteiger partial charge in [-0.2, -0.15) is 5.10 Å². The topological polar surface area (TPSA) is 68.2 Å². The third-order valence-corrected chi connectivity index (χ3v) is 3.47. The van der Waals surface area contributed by atoms with Gasteiger partial charge in [0.15, 0.2) is 10.3 Å². The van der Waals surface area contributed by atoms with Crippen LogP contribution in [0.3, 0.4) is 0 Å². The molecule has 1 aliphatic rings. The summed E-state index contributed by atoms with van der Waals surface area (Å²) in [6.07, 6.45) is 1.66. The number of nitrogens with one attached hydrogen (secondary N) is 1. The Kier molecular flexibility index (Phi) is 3.27. The second-order valence-electron chi connectivity index (χ2n) is 2.80. The van der Waals surface area contributed by atoms with Crippen molar-refractivity contribution >= 4 is 51.2 Å². The average molecular weight is 306 g/mol. The zero-order valence-electron chi connectivity index (χ0n) is 7.61. The van der Waals surface area contributed by atoms with Gasteiger partial charge in [0, 0.05) is 12.3 Å². The van der Waals surface area contributed by atoms with E-state index in [0.717, 1.165) is 27.8 Å². The second kappa shape index (κ2) is 4.50. The number of hydrogen-bond acceptors (Lipinski definition) is 4. The summed E-state index contributed by atoms with van der Waals surface area (Å²) < 4.78 is 2.89. The van der Waals surface area contributed by atoms with Crippen molar-refractivity contribution in [1.29, 1.82) is 0 Å². The van der Waals surface area contributed by atoms with Crippen molar-refractivity contribution in [1.82, 2.24) is 15.0 Å². The standard InChI is InChI=1S/C7H8BrN5S2/c8-5-4(3-10-12-6(9)14)13-1-2-15-7(13)11-5/h3H,1-2H2,(H3,9,12,14). The lowest BCUT2D eigenvalue weighted by molar-refractivity contribution is 0.715. The Morgan fingerprint density at radius 1 is 1.80 bits per heavy atom. The van der Waals surface area contributed by atoms with Gasteiger partial charge in [-0.3, -0.25) is 5.43 Å². The minimum Gasteiger partial charge on any atom is -0.375 e. The molecule has 2 rings (SSSR count). The van der Waals surface area contributed by atoms with Gasteiger partial charge in [-0.05, 0) is 28.1 Å². The first kappa shape index (κ1) is 10.9. The fourth-order valence-electron chi connectivity index (χ4n) is 1.25. The summed E-state index contributed by atoms with van der Waals surface area (Å²) in [5.41, 5.74) is 8.69. The first-order valence-corrected chi connectivity index (χ1v) is 6.34.